The maximum atomic E-state index is 2.25. The van der Waals surface area contributed by atoms with Crippen molar-refractivity contribution in [2.45, 2.75) is 47.0 Å². The summed E-state index contributed by atoms with van der Waals surface area (Å²) in [4.78, 5) is 0. The summed E-state index contributed by atoms with van der Waals surface area (Å²) in [5, 5.41) is 0. The molecule has 0 fully saturated rings. The molecular weight excluding hydrogens is 228 g/mol. The fourth-order valence-electron chi connectivity index (χ4n) is 2.17. The van der Waals surface area contributed by atoms with Crippen molar-refractivity contribution in [2.75, 3.05) is 0 Å². The number of benzene rings is 1. The van der Waals surface area contributed by atoms with Gasteiger partial charge in [0.15, 0.2) is 0 Å². The Labute approximate surface area is 118 Å². The van der Waals surface area contributed by atoms with Crippen LogP contribution < -0.4 is 0 Å². The molecule has 1 aliphatic carbocycles. The molecule has 0 unspecified atom stereocenters. The fraction of sp³-hybridized carbons (Fsp3) is 0.368. The number of allylic oxidation sites excluding steroid dienone is 6. The van der Waals surface area contributed by atoms with Gasteiger partial charge >= 0.3 is 0 Å². The zero-order valence-corrected chi connectivity index (χ0v) is 12.9. The second-order valence-corrected chi connectivity index (χ2v) is 4.98. The van der Waals surface area contributed by atoms with Gasteiger partial charge in [0.2, 0.25) is 0 Å². The molecule has 0 heteroatoms. The van der Waals surface area contributed by atoms with E-state index >= 15 is 0 Å². The van der Waals surface area contributed by atoms with Crippen molar-refractivity contribution in [3.8, 4) is 0 Å². The Kier molecular flexibility index (Phi) is 6.35. The molecule has 0 bridgehead atoms. The first kappa shape index (κ1) is 15.5. The minimum Gasteiger partial charge on any atom is -0.0799 e. The third-order valence-electron chi connectivity index (χ3n) is 3.18. The molecular formula is C19H26. The van der Waals surface area contributed by atoms with E-state index in [2.05, 4.69) is 69.3 Å². The van der Waals surface area contributed by atoms with Gasteiger partial charge in [-0.25, -0.2) is 0 Å². The zero-order chi connectivity index (χ0) is 14.3. The lowest BCUT2D eigenvalue weighted by Crippen LogP contribution is -1.94. The molecule has 0 atom stereocenters. The van der Waals surface area contributed by atoms with Crippen LogP contribution in [0, 0.1) is 0 Å². The highest BCUT2D eigenvalue weighted by molar-refractivity contribution is 5.78. The van der Waals surface area contributed by atoms with E-state index in [1.807, 2.05) is 13.8 Å². The van der Waals surface area contributed by atoms with Gasteiger partial charge in [0.25, 0.3) is 0 Å². The second kappa shape index (κ2) is 7.78. The first-order chi connectivity index (χ1) is 9.18. The Bertz CT molecular complexity index is 485. The van der Waals surface area contributed by atoms with Gasteiger partial charge in [-0.15, -0.1) is 0 Å². The van der Waals surface area contributed by atoms with Crippen molar-refractivity contribution in [2.24, 2.45) is 0 Å². The molecule has 0 saturated carbocycles. The number of hydrogen-bond donors (Lipinski definition) is 0. The van der Waals surface area contributed by atoms with Crippen LogP contribution in [-0.2, 0) is 0 Å². The van der Waals surface area contributed by atoms with E-state index in [1.165, 1.54) is 22.3 Å². The van der Waals surface area contributed by atoms with Crippen molar-refractivity contribution >= 4 is 5.57 Å². The molecule has 0 nitrogen and oxygen atoms in total. The Balaban J connectivity index is 0.000000861. The molecule has 0 amide bonds. The molecule has 0 saturated heterocycles. The van der Waals surface area contributed by atoms with Gasteiger partial charge in [-0.05, 0) is 36.0 Å². The lowest BCUT2D eigenvalue weighted by molar-refractivity contribution is 0.863. The number of rotatable bonds is 2. The molecule has 2 rings (SSSR count). The molecule has 19 heavy (non-hydrogen) atoms. The van der Waals surface area contributed by atoms with Gasteiger partial charge in [0.1, 0.15) is 0 Å². The molecule has 0 N–H and O–H groups in total. The fourth-order valence-corrected chi connectivity index (χ4v) is 2.17. The lowest BCUT2D eigenvalue weighted by atomic mass is 9.92. The first-order valence-electron chi connectivity index (χ1n) is 7.32. The average Bonchev–Trinajstić information content (AvgIpc) is 2.66. The molecule has 1 aromatic rings. The summed E-state index contributed by atoms with van der Waals surface area (Å²) in [7, 11) is 0. The van der Waals surface area contributed by atoms with Gasteiger partial charge in [0.05, 0.1) is 0 Å². The highest BCUT2D eigenvalue weighted by Gasteiger charge is 2.08. The largest absolute Gasteiger partial charge is 0.0799 e. The van der Waals surface area contributed by atoms with Gasteiger partial charge in [-0.1, -0.05) is 81.8 Å². The standard InChI is InChI=1S/C17H20.C2H6/c1-13(2)16-9-4-5-10-17(16)15-8-6-7-14(3)11-12-15;1-2/h4-6,8-13H,7H2,1-3H3;1-2H3. The quantitative estimate of drug-likeness (QED) is 0.596. The van der Waals surface area contributed by atoms with Gasteiger partial charge in [0, 0.05) is 0 Å². The predicted octanol–water partition coefficient (Wildman–Crippen LogP) is 6.13. The van der Waals surface area contributed by atoms with Gasteiger partial charge in [-0.3, -0.25) is 0 Å². The predicted molar refractivity (Wildman–Crippen MR) is 87.4 cm³/mol. The average molecular weight is 254 g/mol. The Hall–Kier alpha value is -1.56. The van der Waals surface area contributed by atoms with E-state index in [0.29, 0.717) is 5.92 Å². The van der Waals surface area contributed by atoms with Crippen LogP contribution in [0.1, 0.15) is 58.1 Å². The normalized spacial score (nSPS) is 14.2. The number of hydrogen-bond acceptors (Lipinski definition) is 0. The summed E-state index contributed by atoms with van der Waals surface area (Å²) < 4.78 is 0. The summed E-state index contributed by atoms with van der Waals surface area (Å²) in [6.45, 7) is 10.7. The van der Waals surface area contributed by atoms with Crippen molar-refractivity contribution in [1.29, 1.82) is 0 Å². The first-order valence-corrected chi connectivity index (χ1v) is 7.32. The van der Waals surface area contributed by atoms with Crippen LogP contribution in [0.2, 0.25) is 0 Å². The minimum atomic E-state index is 0.564. The third-order valence-corrected chi connectivity index (χ3v) is 3.18. The molecule has 0 radical (unpaired) electrons. The summed E-state index contributed by atoms with van der Waals surface area (Å²) in [6, 6.07) is 8.70. The van der Waals surface area contributed by atoms with Crippen LogP contribution in [0.3, 0.4) is 0 Å². The van der Waals surface area contributed by atoms with Crippen LogP contribution in [0.25, 0.3) is 5.57 Å². The van der Waals surface area contributed by atoms with E-state index in [0.717, 1.165) is 6.42 Å². The van der Waals surface area contributed by atoms with E-state index in [4.69, 9.17) is 0 Å². The van der Waals surface area contributed by atoms with Crippen LogP contribution >= 0.6 is 0 Å². The molecule has 0 aliphatic heterocycles. The SMILES string of the molecule is CC.CC1=CC=C(c2ccccc2C(C)C)C=CC1. The van der Waals surface area contributed by atoms with Crippen molar-refractivity contribution in [1.82, 2.24) is 0 Å². The summed E-state index contributed by atoms with van der Waals surface area (Å²) in [6.07, 6.45) is 10.0. The Morgan fingerprint density at radius 3 is 2.37 bits per heavy atom. The molecule has 0 heterocycles. The zero-order valence-electron chi connectivity index (χ0n) is 12.9. The molecule has 0 spiro atoms. The van der Waals surface area contributed by atoms with Crippen molar-refractivity contribution in [3.05, 3.63) is 65.3 Å². The molecule has 0 aromatic heterocycles. The molecule has 1 aliphatic rings. The lowest BCUT2D eigenvalue weighted by Gasteiger charge is -2.13. The Morgan fingerprint density at radius 1 is 1.00 bits per heavy atom. The monoisotopic (exact) mass is 254 g/mol. The van der Waals surface area contributed by atoms with Crippen LogP contribution in [0.5, 0.6) is 0 Å². The van der Waals surface area contributed by atoms with Crippen molar-refractivity contribution in [3.63, 3.8) is 0 Å². The Morgan fingerprint density at radius 2 is 1.68 bits per heavy atom. The smallest absolute Gasteiger partial charge is 0.0135 e. The summed E-state index contributed by atoms with van der Waals surface area (Å²) in [5.41, 5.74) is 5.53. The summed E-state index contributed by atoms with van der Waals surface area (Å²) in [5.74, 6) is 0.564. The highest BCUT2D eigenvalue weighted by atomic mass is 14.1. The molecule has 1 aromatic carbocycles. The van der Waals surface area contributed by atoms with Crippen LogP contribution in [0.4, 0.5) is 0 Å². The van der Waals surface area contributed by atoms with E-state index in [-0.39, 0.29) is 0 Å². The maximum absolute atomic E-state index is 2.25. The maximum Gasteiger partial charge on any atom is -0.0135 e. The van der Waals surface area contributed by atoms with Gasteiger partial charge < -0.3 is 0 Å². The van der Waals surface area contributed by atoms with Crippen LogP contribution in [0.15, 0.2) is 54.1 Å². The van der Waals surface area contributed by atoms with Crippen LogP contribution in [-0.4, -0.2) is 0 Å². The second-order valence-electron chi connectivity index (χ2n) is 4.98. The third kappa shape index (κ3) is 4.24. The minimum absolute atomic E-state index is 0.564. The van der Waals surface area contributed by atoms with E-state index < -0.39 is 0 Å². The van der Waals surface area contributed by atoms with E-state index in [1.54, 1.807) is 0 Å². The van der Waals surface area contributed by atoms with Crippen molar-refractivity contribution < 1.29 is 0 Å². The topological polar surface area (TPSA) is 0 Å². The molecule has 102 valence electrons. The highest BCUT2D eigenvalue weighted by Crippen LogP contribution is 2.28. The summed E-state index contributed by atoms with van der Waals surface area (Å²) >= 11 is 0. The van der Waals surface area contributed by atoms with Gasteiger partial charge in [-0.2, -0.15) is 0 Å². The van der Waals surface area contributed by atoms with E-state index in [9.17, 15) is 0 Å².